The molecule has 160 valence electrons. The number of rotatable bonds is 4. The molecule has 1 aliphatic rings. The number of nitrogens with zero attached hydrogens (tertiary/aromatic N) is 2. The summed E-state index contributed by atoms with van der Waals surface area (Å²) < 4.78 is 17.6. The molecule has 0 spiro atoms. The molecule has 0 saturated carbocycles. The molecule has 2 heterocycles. The molecule has 0 radical (unpaired) electrons. The van der Waals surface area contributed by atoms with Gasteiger partial charge < -0.3 is 19.5 Å². The highest BCUT2D eigenvalue weighted by Gasteiger charge is 2.18. The van der Waals surface area contributed by atoms with E-state index < -0.39 is 0 Å². The Morgan fingerprint density at radius 2 is 1.88 bits per heavy atom. The first-order valence-electron chi connectivity index (χ1n) is 9.93. The number of nitrogens with one attached hydrogen (secondary N) is 1. The third-order valence-corrected chi connectivity index (χ3v) is 5.27. The lowest BCUT2D eigenvalue weighted by molar-refractivity contribution is 0.102. The molecule has 1 amide bonds. The maximum Gasteiger partial charge on any atom is 0.265 e. The second-order valence-electron chi connectivity index (χ2n) is 7.22. The Kier molecular flexibility index (Phi) is 4.74. The predicted octanol–water partition coefficient (Wildman–Crippen LogP) is 3.68. The first-order valence-corrected chi connectivity index (χ1v) is 9.93. The molecular weight excluding hydrogens is 410 g/mol. The number of hydrogen-bond acceptors (Lipinski definition) is 6. The highest BCUT2D eigenvalue weighted by Crippen LogP contribution is 2.33. The summed E-state index contributed by atoms with van der Waals surface area (Å²) in [5.41, 5.74) is 1.95. The van der Waals surface area contributed by atoms with E-state index in [9.17, 15) is 9.59 Å². The molecule has 1 aromatic heterocycles. The van der Waals surface area contributed by atoms with Crippen LogP contribution in [0.15, 0.2) is 65.5 Å². The summed E-state index contributed by atoms with van der Waals surface area (Å²) in [4.78, 5) is 30.4. The Balaban J connectivity index is 1.49. The smallest absolute Gasteiger partial charge is 0.265 e. The van der Waals surface area contributed by atoms with Crippen LogP contribution in [-0.2, 0) is 0 Å². The van der Waals surface area contributed by atoms with E-state index in [1.54, 1.807) is 55.5 Å². The van der Waals surface area contributed by atoms with Crippen LogP contribution >= 0.6 is 0 Å². The fourth-order valence-electron chi connectivity index (χ4n) is 3.70. The van der Waals surface area contributed by atoms with Gasteiger partial charge in [0.15, 0.2) is 11.5 Å². The van der Waals surface area contributed by atoms with Crippen LogP contribution < -0.4 is 25.1 Å². The van der Waals surface area contributed by atoms with E-state index in [0.29, 0.717) is 50.9 Å². The summed E-state index contributed by atoms with van der Waals surface area (Å²) >= 11 is 0. The highest BCUT2D eigenvalue weighted by atomic mass is 16.7. The summed E-state index contributed by atoms with van der Waals surface area (Å²) in [5, 5.41) is 3.37. The monoisotopic (exact) mass is 429 g/mol. The van der Waals surface area contributed by atoms with Crippen LogP contribution in [0.3, 0.4) is 0 Å². The van der Waals surface area contributed by atoms with Gasteiger partial charge in [-0.15, -0.1) is 0 Å². The van der Waals surface area contributed by atoms with Gasteiger partial charge in [-0.2, -0.15) is 0 Å². The Hall–Kier alpha value is -4.33. The number of carbonyl (C=O) groups excluding carboxylic acids is 1. The molecule has 0 atom stereocenters. The summed E-state index contributed by atoms with van der Waals surface area (Å²) in [6.45, 7) is 1.91. The third kappa shape index (κ3) is 3.31. The minimum absolute atomic E-state index is 0.137. The number of ether oxygens (including phenoxy) is 3. The molecule has 0 aliphatic carbocycles. The lowest BCUT2D eigenvalue weighted by atomic mass is 10.1. The van der Waals surface area contributed by atoms with E-state index in [1.165, 1.54) is 11.7 Å². The number of benzene rings is 3. The van der Waals surface area contributed by atoms with E-state index in [2.05, 4.69) is 10.3 Å². The number of amides is 1. The Morgan fingerprint density at radius 1 is 1.06 bits per heavy atom. The van der Waals surface area contributed by atoms with Crippen molar-refractivity contribution in [2.45, 2.75) is 6.92 Å². The molecule has 8 nitrogen and oxygen atoms in total. The number of aryl methyl sites for hydroxylation is 1. The molecular formula is C24H19N3O5. The summed E-state index contributed by atoms with van der Waals surface area (Å²) in [7, 11) is 1.50. The van der Waals surface area contributed by atoms with E-state index in [0.717, 1.165) is 0 Å². The maximum atomic E-state index is 13.1. The van der Waals surface area contributed by atoms with Crippen molar-refractivity contribution in [3.63, 3.8) is 0 Å². The number of fused-ring (bicyclic) bond motifs is 2. The van der Waals surface area contributed by atoms with Crippen LogP contribution in [-0.4, -0.2) is 29.4 Å². The number of anilines is 1. The van der Waals surface area contributed by atoms with Crippen molar-refractivity contribution < 1.29 is 19.0 Å². The second kappa shape index (κ2) is 7.73. The largest absolute Gasteiger partial charge is 0.494 e. The van der Waals surface area contributed by atoms with Crippen LogP contribution in [0.5, 0.6) is 17.2 Å². The molecule has 1 N–H and O–H groups in total. The van der Waals surface area contributed by atoms with Gasteiger partial charge in [0, 0.05) is 11.6 Å². The van der Waals surface area contributed by atoms with Gasteiger partial charge in [0.1, 0.15) is 11.6 Å². The van der Waals surface area contributed by atoms with Crippen LogP contribution in [0, 0.1) is 6.92 Å². The van der Waals surface area contributed by atoms with Crippen molar-refractivity contribution >= 4 is 22.5 Å². The fourth-order valence-corrected chi connectivity index (χ4v) is 3.70. The average Bonchev–Trinajstić information content (AvgIpc) is 3.28. The average molecular weight is 429 g/mol. The zero-order chi connectivity index (χ0) is 22.2. The van der Waals surface area contributed by atoms with Crippen molar-refractivity contribution in [2.24, 2.45) is 0 Å². The van der Waals surface area contributed by atoms with Gasteiger partial charge in [-0.05, 0) is 49.4 Å². The van der Waals surface area contributed by atoms with Gasteiger partial charge in [-0.1, -0.05) is 12.1 Å². The van der Waals surface area contributed by atoms with E-state index in [4.69, 9.17) is 14.2 Å². The fraction of sp³-hybridized carbons (Fsp3) is 0.125. The molecule has 1 aliphatic heterocycles. The number of methoxy groups -OCH3 is 1. The second-order valence-corrected chi connectivity index (χ2v) is 7.22. The van der Waals surface area contributed by atoms with Crippen LogP contribution in [0.1, 0.15) is 16.2 Å². The Morgan fingerprint density at radius 3 is 2.72 bits per heavy atom. The molecule has 32 heavy (non-hydrogen) atoms. The van der Waals surface area contributed by atoms with Crippen LogP contribution in [0.4, 0.5) is 5.69 Å². The number of carbonyl (C=O) groups is 1. The molecule has 3 aromatic carbocycles. The lowest BCUT2D eigenvalue weighted by Crippen LogP contribution is -2.22. The predicted molar refractivity (Wildman–Crippen MR) is 119 cm³/mol. The van der Waals surface area contributed by atoms with Crippen molar-refractivity contribution in [1.82, 2.24) is 9.55 Å². The molecule has 0 unspecified atom stereocenters. The van der Waals surface area contributed by atoms with Crippen molar-refractivity contribution in [3.8, 4) is 22.9 Å². The van der Waals surface area contributed by atoms with E-state index in [-0.39, 0.29) is 18.3 Å². The number of para-hydroxylation sites is 1. The van der Waals surface area contributed by atoms with Crippen molar-refractivity contribution in [1.29, 1.82) is 0 Å². The Bertz CT molecular complexity index is 1430. The summed E-state index contributed by atoms with van der Waals surface area (Å²) in [6.07, 6.45) is 0. The molecule has 5 rings (SSSR count). The summed E-state index contributed by atoms with van der Waals surface area (Å²) in [6, 6.07) is 17.3. The minimum Gasteiger partial charge on any atom is -0.494 e. The number of hydrogen-bond donors (Lipinski definition) is 1. The highest BCUT2D eigenvalue weighted by molar-refractivity contribution is 6.05. The summed E-state index contributed by atoms with van der Waals surface area (Å²) in [5.74, 6) is 1.77. The zero-order valence-corrected chi connectivity index (χ0v) is 17.4. The quantitative estimate of drug-likeness (QED) is 0.532. The van der Waals surface area contributed by atoms with Gasteiger partial charge in [0.25, 0.3) is 11.5 Å². The van der Waals surface area contributed by atoms with Gasteiger partial charge >= 0.3 is 0 Å². The van der Waals surface area contributed by atoms with Gasteiger partial charge in [-0.25, -0.2) is 4.98 Å². The van der Waals surface area contributed by atoms with Crippen LogP contribution in [0.2, 0.25) is 0 Å². The maximum absolute atomic E-state index is 13.1. The molecule has 4 aromatic rings. The van der Waals surface area contributed by atoms with Gasteiger partial charge in [0.2, 0.25) is 6.79 Å². The van der Waals surface area contributed by atoms with Gasteiger partial charge in [0.05, 0.1) is 29.4 Å². The zero-order valence-electron chi connectivity index (χ0n) is 17.4. The third-order valence-electron chi connectivity index (χ3n) is 5.27. The van der Waals surface area contributed by atoms with Crippen molar-refractivity contribution in [2.75, 3.05) is 19.2 Å². The molecule has 0 saturated heterocycles. The standard InChI is InChI=1S/C24H19N3O5/c1-14-25-18-6-4-3-5-17(18)24(29)27(14)16-8-9-19(21(12-16)30-2)26-23(28)15-7-10-20-22(11-15)32-13-31-20/h3-12H,13H2,1-2H3,(H,26,28). The van der Waals surface area contributed by atoms with Crippen molar-refractivity contribution in [3.05, 3.63) is 82.4 Å². The van der Waals surface area contributed by atoms with Crippen LogP contribution in [0.25, 0.3) is 16.6 Å². The number of aromatic nitrogens is 2. The SMILES string of the molecule is COc1cc(-n2c(C)nc3ccccc3c2=O)ccc1NC(=O)c1ccc2c(c1)OCO2. The first kappa shape index (κ1) is 19.6. The lowest BCUT2D eigenvalue weighted by Gasteiger charge is -2.15. The molecule has 0 fully saturated rings. The first-order chi connectivity index (χ1) is 15.5. The molecule has 0 bridgehead atoms. The van der Waals surface area contributed by atoms with E-state index >= 15 is 0 Å². The molecule has 8 heteroatoms. The van der Waals surface area contributed by atoms with E-state index in [1.807, 2.05) is 12.1 Å². The Labute approximate surface area is 183 Å². The van der Waals surface area contributed by atoms with Gasteiger partial charge in [-0.3, -0.25) is 14.2 Å². The minimum atomic E-state index is -0.324. The topological polar surface area (TPSA) is 91.7 Å². The normalized spacial score (nSPS) is 12.1.